The maximum absolute atomic E-state index is 13.6. The van der Waals surface area contributed by atoms with Gasteiger partial charge < -0.3 is 4.52 Å². The smallest absolute Gasteiger partial charge is 0.261 e. The molecule has 2 aromatic carbocycles. The fourth-order valence-electron chi connectivity index (χ4n) is 1.84. The van der Waals surface area contributed by atoms with Crippen LogP contribution in [0.15, 0.2) is 53.1 Å². The first kappa shape index (κ1) is 12.2. The second kappa shape index (κ2) is 5.05. The van der Waals surface area contributed by atoms with Crippen molar-refractivity contribution in [2.24, 2.45) is 0 Å². The van der Waals surface area contributed by atoms with E-state index in [4.69, 9.17) is 4.52 Å². The Hall–Kier alpha value is -2.82. The second-order valence-corrected chi connectivity index (χ2v) is 4.15. The van der Waals surface area contributed by atoms with Crippen LogP contribution in [-0.2, 0) is 0 Å². The van der Waals surface area contributed by atoms with Crippen LogP contribution >= 0.6 is 0 Å². The van der Waals surface area contributed by atoms with Gasteiger partial charge in [0.25, 0.3) is 5.89 Å². The van der Waals surface area contributed by atoms with Crippen LogP contribution < -0.4 is 0 Å². The molecule has 20 heavy (non-hydrogen) atoms. The Bertz CT molecular complexity index is 768. The summed E-state index contributed by atoms with van der Waals surface area (Å²) in [5.74, 6) is -0.00842. The van der Waals surface area contributed by atoms with Crippen molar-refractivity contribution in [1.82, 2.24) is 10.1 Å². The number of benzene rings is 2. The normalized spacial score (nSPS) is 10.4. The lowest BCUT2D eigenvalue weighted by Crippen LogP contribution is -1.86. The van der Waals surface area contributed by atoms with Gasteiger partial charge in [-0.2, -0.15) is 4.98 Å². The van der Waals surface area contributed by atoms with Crippen molar-refractivity contribution in [3.8, 4) is 22.8 Å². The fraction of sp³-hybridized carbons (Fsp3) is 0. The van der Waals surface area contributed by atoms with Gasteiger partial charge in [-0.25, -0.2) is 4.39 Å². The van der Waals surface area contributed by atoms with Crippen molar-refractivity contribution >= 4 is 6.29 Å². The van der Waals surface area contributed by atoms with Gasteiger partial charge in [-0.15, -0.1) is 0 Å². The first-order chi connectivity index (χ1) is 9.78. The van der Waals surface area contributed by atoms with Gasteiger partial charge >= 0.3 is 0 Å². The molecule has 0 amide bonds. The van der Waals surface area contributed by atoms with Crippen molar-refractivity contribution in [2.75, 3.05) is 0 Å². The fourth-order valence-corrected chi connectivity index (χ4v) is 1.84. The number of hydrogen-bond donors (Lipinski definition) is 0. The van der Waals surface area contributed by atoms with Gasteiger partial charge in [0.05, 0.1) is 5.56 Å². The molecule has 1 heterocycles. The molecular weight excluding hydrogens is 259 g/mol. The average Bonchev–Trinajstić information content (AvgIpc) is 2.97. The van der Waals surface area contributed by atoms with E-state index in [0.717, 1.165) is 6.29 Å². The molecule has 3 rings (SSSR count). The minimum Gasteiger partial charge on any atom is -0.334 e. The van der Waals surface area contributed by atoms with Gasteiger partial charge in [-0.3, -0.25) is 4.79 Å². The lowest BCUT2D eigenvalue weighted by molar-refractivity contribution is 0.112. The van der Waals surface area contributed by atoms with Crippen LogP contribution in [0.5, 0.6) is 0 Å². The van der Waals surface area contributed by atoms with Crippen molar-refractivity contribution in [3.05, 3.63) is 59.9 Å². The van der Waals surface area contributed by atoms with Crippen LogP contribution in [0.3, 0.4) is 0 Å². The van der Waals surface area contributed by atoms with Gasteiger partial charge in [0.1, 0.15) is 12.1 Å². The van der Waals surface area contributed by atoms with Crippen molar-refractivity contribution < 1.29 is 13.7 Å². The Morgan fingerprint density at radius 1 is 1.10 bits per heavy atom. The van der Waals surface area contributed by atoms with Crippen LogP contribution in [0.25, 0.3) is 22.8 Å². The molecule has 3 aromatic rings. The number of rotatable bonds is 3. The van der Waals surface area contributed by atoms with E-state index in [1.807, 2.05) is 0 Å². The number of nitrogens with zero attached hydrogens (tertiary/aromatic N) is 2. The molecule has 5 heteroatoms. The predicted molar refractivity (Wildman–Crippen MR) is 70.5 cm³/mol. The summed E-state index contributed by atoms with van der Waals surface area (Å²) < 4.78 is 18.7. The van der Waals surface area contributed by atoms with E-state index in [1.54, 1.807) is 42.5 Å². The van der Waals surface area contributed by atoms with E-state index in [0.29, 0.717) is 17.0 Å². The molecule has 0 fully saturated rings. The van der Waals surface area contributed by atoms with Gasteiger partial charge in [-0.1, -0.05) is 35.5 Å². The summed E-state index contributed by atoms with van der Waals surface area (Å²) in [6, 6.07) is 13.0. The number of aromatic nitrogens is 2. The van der Waals surface area contributed by atoms with E-state index >= 15 is 0 Å². The number of aldehydes is 1. The number of carbonyl (C=O) groups is 1. The largest absolute Gasteiger partial charge is 0.334 e. The molecule has 4 nitrogen and oxygen atoms in total. The molecule has 0 saturated heterocycles. The van der Waals surface area contributed by atoms with Crippen LogP contribution in [0.2, 0.25) is 0 Å². The minimum absolute atomic E-state index is 0.106. The summed E-state index contributed by atoms with van der Waals surface area (Å²) in [6.07, 6.45) is 0.737. The molecule has 0 aliphatic carbocycles. The number of halogens is 1. The minimum atomic E-state index is -0.427. The van der Waals surface area contributed by atoms with E-state index in [-0.39, 0.29) is 11.5 Å². The Balaban J connectivity index is 2.02. The maximum Gasteiger partial charge on any atom is 0.261 e. The standard InChI is InChI=1S/C15H9FN2O2/c16-13-7-2-1-6-12(13)15-17-14(18-20-15)11-5-3-4-10(8-11)9-19/h1-9H. The van der Waals surface area contributed by atoms with Gasteiger partial charge in [0.2, 0.25) is 5.82 Å². The molecule has 0 radical (unpaired) electrons. The summed E-state index contributed by atoms with van der Waals surface area (Å²) in [7, 11) is 0. The van der Waals surface area contributed by atoms with Crippen molar-refractivity contribution in [2.45, 2.75) is 0 Å². The van der Waals surface area contributed by atoms with Crippen LogP contribution in [-0.4, -0.2) is 16.4 Å². The van der Waals surface area contributed by atoms with Crippen LogP contribution in [0.1, 0.15) is 10.4 Å². The molecule has 0 saturated carbocycles. The van der Waals surface area contributed by atoms with E-state index in [2.05, 4.69) is 10.1 Å². The van der Waals surface area contributed by atoms with Gasteiger partial charge in [0.15, 0.2) is 0 Å². The lowest BCUT2D eigenvalue weighted by Gasteiger charge is -1.95. The third-order valence-electron chi connectivity index (χ3n) is 2.81. The summed E-state index contributed by atoms with van der Waals surface area (Å²) in [5.41, 5.74) is 1.40. The van der Waals surface area contributed by atoms with Gasteiger partial charge in [0, 0.05) is 11.1 Å². The summed E-state index contributed by atoms with van der Waals surface area (Å²) in [5, 5.41) is 3.81. The topological polar surface area (TPSA) is 56.0 Å². The first-order valence-electron chi connectivity index (χ1n) is 5.92. The molecule has 0 bridgehead atoms. The summed E-state index contributed by atoms with van der Waals surface area (Å²) in [6.45, 7) is 0. The molecular formula is C15H9FN2O2. The number of carbonyl (C=O) groups excluding carboxylic acids is 1. The van der Waals surface area contributed by atoms with E-state index in [9.17, 15) is 9.18 Å². The monoisotopic (exact) mass is 268 g/mol. The molecule has 0 aliphatic heterocycles. The first-order valence-corrected chi connectivity index (χ1v) is 5.92. The molecule has 0 N–H and O–H groups in total. The quantitative estimate of drug-likeness (QED) is 0.683. The maximum atomic E-state index is 13.6. The third kappa shape index (κ3) is 2.21. The third-order valence-corrected chi connectivity index (χ3v) is 2.81. The molecule has 0 aliphatic rings. The lowest BCUT2D eigenvalue weighted by atomic mass is 10.1. The summed E-state index contributed by atoms with van der Waals surface area (Å²) >= 11 is 0. The molecule has 0 atom stereocenters. The van der Waals surface area contributed by atoms with E-state index in [1.165, 1.54) is 6.07 Å². The average molecular weight is 268 g/mol. The predicted octanol–water partition coefficient (Wildman–Crippen LogP) is 3.36. The molecule has 0 unspecified atom stereocenters. The molecule has 98 valence electrons. The molecule has 0 spiro atoms. The highest BCUT2D eigenvalue weighted by Gasteiger charge is 2.13. The summed E-state index contributed by atoms with van der Waals surface area (Å²) in [4.78, 5) is 14.9. The SMILES string of the molecule is O=Cc1cccc(-c2noc(-c3ccccc3F)n2)c1. The van der Waals surface area contributed by atoms with Crippen LogP contribution in [0, 0.1) is 5.82 Å². The Labute approximate surface area is 113 Å². The Morgan fingerprint density at radius 2 is 1.95 bits per heavy atom. The molecule has 1 aromatic heterocycles. The highest BCUT2D eigenvalue weighted by Crippen LogP contribution is 2.24. The zero-order valence-corrected chi connectivity index (χ0v) is 10.3. The number of hydrogen-bond acceptors (Lipinski definition) is 4. The van der Waals surface area contributed by atoms with E-state index < -0.39 is 5.82 Å². The van der Waals surface area contributed by atoms with Crippen molar-refractivity contribution in [3.63, 3.8) is 0 Å². The van der Waals surface area contributed by atoms with Gasteiger partial charge in [-0.05, 0) is 18.2 Å². The zero-order chi connectivity index (χ0) is 13.9. The van der Waals surface area contributed by atoms with Crippen LogP contribution in [0.4, 0.5) is 4.39 Å². The second-order valence-electron chi connectivity index (χ2n) is 4.15. The zero-order valence-electron chi connectivity index (χ0n) is 10.3. The van der Waals surface area contributed by atoms with Crippen molar-refractivity contribution in [1.29, 1.82) is 0 Å². The highest BCUT2D eigenvalue weighted by molar-refractivity contribution is 5.77. The Kier molecular flexibility index (Phi) is 3.09. The Morgan fingerprint density at radius 3 is 2.75 bits per heavy atom. The highest BCUT2D eigenvalue weighted by atomic mass is 19.1.